The van der Waals surface area contributed by atoms with Gasteiger partial charge in [-0.25, -0.2) is 8.42 Å². The van der Waals surface area contributed by atoms with Crippen LogP contribution in [0.4, 0.5) is 5.69 Å². The molecule has 0 heterocycles. The molecule has 1 N–H and O–H groups in total. The Hall–Kier alpha value is -2.74. The van der Waals surface area contributed by atoms with Crippen LogP contribution >= 0.6 is 0 Å². The predicted molar refractivity (Wildman–Crippen MR) is 114 cm³/mol. The van der Waals surface area contributed by atoms with Crippen molar-refractivity contribution in [1.82, 2.24) is 5.32 Å². The van der Waals surface area contributed by atoms with Crippen molar-refractivity contribution in [1.29, 1.82) is 0 Å². The molecule has 0 aliphatic heterocycles. The lowest BCUT2D eigenvalue weighted by Crippen LogP contribution is -2.49. The molecular formula is C21H28N2O5S. The van der Waals surface area contributed by atoms with Gasteiger partial charge in [0.1, 0.15) is 17.5 Å². The number of rotatable bonds is 10. The van der Waals surface area contributed by atoms with Crippen molar-refractivity contribution in [3.8, 4) is 11.5 Å². The maximum absolute atomic E-state index is 12.8. The first-order valence-electron chi connectivity index (χ1n) is 9.34. The van der Waals surface area contributed by atoms with Crippen LogP contribution in [0.15, 0.2) is 48.5 Å². The Kier molecular flexibility index (Phi) is 7.90. The van der Waals surface area contributed by atoms with Crippen LogP contribution in [-0.2, 0) is 21.2 Å². The second-order valence-electron chi connectivity index (χ2n) is 6.57. The number of carbonyl (C=O) groups is 1. The van der Waals surface area contributed by atoms with Gasteiger partial charge < -0.3 is 14.8 Å². The number of anilines is 1. The molecule has 2 aromatic carbocycles. The number of ether oxygens (including phenoxy) is 2. The van der Waals surface area contributed by atoms with Gasteiger partial charge in [-0.3, -0.25) is 9.10 Å². The lowest BCUT2D eigenvalue weighted by molar-refractivity contribution is -0.122. The molecule has 0 bridgehead atoms. The minimum Gasteiger partial charge on any atom is -0.497 e. The third-order valence-electron chi connectivity index (χ3n) is 4.51. The zero-order valence-corrected chi connectivity index (χ0v) is 18.0. The number of nitrogens with zero attached hydrogens (tertiary/aromatic N) is 1. The second kappa shape index (κ2) is 10.2. The Morgan fingerprint density at radius 2 is 1.72 bits per heavy atom. The van der Waals surface area contributed by atoms with E-state index in [2.05, 4.69) is 5.32 Å². The van der Waals surface area contributed by atoms with Crippen molar-refractivity contribution in [2.75, 3.05) is 31.3 Å². The quantitative estimate of drug-likeness (QED) is 0.639. The third-order valence-corrected chi connectivity index (χ3v) is 5.69. The first-order valence-corrected chi connectivity index (χ1v) is 11.2. The van der Waals surface area contributed by atoms with Crippen molar-refractivity contribution >= 4 is 21.6 Å². The molecule has 2 aromatic rings. The number of sulfonamides is 1. The molecule has 1 amide bonds. The summed E-state index contributed by atoms with van der Waals surface area (Å²) in [6.45, 7) is 2.18. The molecule has 0 saturated heterocycles. The summed E-state index contributed by atoms with van der Waals surface area (Å²) in [5, 5.41) is 2.85. The molecule has 0 aliphatic rings. The van der Waals surface area contributed by atoms with E-state index in [1.165, 1.54) is 7.11 Å². The van der Waals surface area contributed by atoms with Crippen LogP contribution in [-0.4, -0.2) is 47.4 Å². The molecule has 0 spiro atoms. The smallest absolute Gasteiger partial charge is 0.243 e. The molecule has 8 heteroatoms. The van der Waals surface area contributed by atoms with Gasteiger partial charge in [0.2, 0.25) is 15.9 Å². The number of hydrogen-bond acceptors (Lipinski definition) is 5. The number of methoxy groups -OCH3 is 2. The third kappa shape index (κ3) is 6.12. The van der Waals surface area contributed by atoms with E-state index >= 15 is 0 Å². The number of nitrogens with one attached hydrogen (secondary N) is 1. The van der Waals surface area contributed by atoms with Crippen molar-refractivity contribution in [2.24, 2.45) is 0 Å². The maximum atomic E-state index is 12.8. The van der Waals surface area contributed by atoms with Crippen LogP contribution in [0.5, 0.6) is 11.5 Å². The van der Waals surface area contributed by atoms with E-state index in [-0.39, 0.29) is 5.91 Å². The fourth-order valence-electron chi connectivity index (χ4n) is 3.05. The lowest BCUT2D eigenvalue weighted by Gasteiger charge is -2.30. The van der Waals surface area contributed by atoms with Gasteiger partial charge in [0.05, 0.1) is 26.2 Å². The van der Waals surface area contributed by atoms with E-state index in [4.69, 9.17) is 9.47 Å². The SMILES string of the molecule is CC[C@@H](C(=O)NCCc1ccc(OC)cc1)N(c1cccc(OC)c1)S(C)(=O)=O. The number of hydrogen-bond donors (Lipinski definition) is 1. The Balaban J connectivity index is 2.13. The summed E-state index contributed by atoms with van der Waals surface area (Å²) in [4.78, 5) is 12.8. The van der Waals surface area contributed by atoms with E-state index in [0.29, 0.717) is 30.8 Å². The van der Waals surface area contributed by atoms with Crippen LogP contribution < -0.4 is 19.1 Å². The van der Waals surface area contributed by atoms with Gasteiger partial charge >= 0.3 is 0 Å². The summed E-state index contributed by atoms with van der Waals surface area (Å²) in [6, 6.07) is 13.4. The molecule has 158 valence electrons. The average Bonchev–Trinajstić information content (AvgIpc) is 2.71. The summed E-state index contributed by atoms with van der Waals surface area (Å²) >= 11 is 0. The van der Waals surface area contributed by atoms with Crippen molar-refractivity contribution in [3.63, 3.8) is 0 Å². The molecule has 0 saturated carbocycles. The number of benzene rings is 2. The summed E-state index contributed by atoms with van der Waals surface area (Å²) in [5.41, 5.74) is 1.44. The second-order valence-corrected chi connectivity index (χ2v) is 8.43. The predicted octanol–water partition coefficient (Wildman–Crippen LogP) is 2.61. The highest BCUT2D eigenvalue weighted by molar-refractivity contribution is 7.92. The molecule has 2 rings (SSSR count). The van der Waals surface area contributed by atoms with Crippen molar-refractivity contribution in [2.45, 2.75) is 25.8 Å². The zero-order chi connectivity index (χ0) is 21.4. The van der Waals surface area contributed by atoms with Gasteiger partial charge in [-0.05, 0) is 42.7 Å². The van der Waals surface area contributed by atoms with E-state index in [1.54, 1.807) is 38.3 Å². The molecule has 0 aliphatic carbocycles. The van der Waals surface area contributed by atoms with Crippen LogP contribution in [0, 0.1) is 0 Å². The number of amides is 1. The highest BCUT2D eigenvalue weighted by atomic mass is 32.2. The molecule has 1 atom stereocenters. The lowest BCUT2D eigenvalue weighted by atomic mass is 10.1. The average molecular weight is 421 g/mol. The Bertz CT molecular complexity index is 913. The highest BCUT2D eigenvalue weighted by Crippen LogP contribution is 2.26. The maximum Gasteiger partial charge on any atom is 0.243 e. The first-order chi connectivity index (χ1) is 13.8. The molecule has 0 fully saturated rings. The van der Waals surface area contributed by atoms with E-state index < -0.39 is 16.1 Å². The van der Waals surface area contributed by atoms with E-state index in [9.17, 15) is 13.2 Å². The molecule has 0 aromatic heterocycles. The van der Waals surface area contributed by atoms with E-state index in [1.807, 2.05) is 24.3 Å². The molecular weight excluding hydrogens is 392 g/mol. The van der Waals surface area contributed by atoms with Crippen molar-refractivity contribution in [3.05, 3.63) is 54.1 Å². The number of carbonyl (C=O) groups excluding carboxylic acids is 1. The molecule has 0 unspecified atom stereocenters. The standard InChI is InChI=1S/C21H28N2O5S/c1-5-20(21(24)22-14-13-16-9-11-18(27-2)12-10-16)23(29(4,25)26)17-7-6-8-19(15-17)28-3/h6-12,15,20H,5,13-14H2,1-4H3,(H,22,24)/t20-/m0/s1. The van der Waals surface area contributed by atoms with Gasteiger partial charge in [-0.1, -0.05) is 25.1 Å². The highest BCUT2D eigenvalue weighted by Gasteiger charge is 2.31. The fraction of sp³-hybridized carbons (Fsp3) is 0.381. The van der Waals surface area contributed by atoms with Crippen LogP contribution in [0.1, 0.15) is 18.9 Å². The summed E-state index contributed by atoms with van der Waals surface area (Å²) in [7, 11) is -0.567. The Morgan fingerprint density at radius 3 is 2.28 bits per heavy atom. The van der Waals surface area contributed by atoms with Gasteiger partial charge in [0, 0.05) is 12.6 Å². The van der Waals surface area contributed by atoms with Crippen LogP contribution in [0.2, 0.25) is 0 Å². The fourth-order valence-corrected chi connectivity index (χ4v) is 4.25. The van der Waals surface area contributed by atoms with Crippen molar-refractivity contribution < 1.29 is 22.7 Å². The Labute approximate surface area is 172 Å². The minimum atomic E-state index is -3.68. The van der Waals surface area contributed by atoms with Crippen LogP contribution in [0.3, 0.4) is 0 Å². The topological polar surface area (TPSA) is 84.9 Å². The van der Waals surface area contributed by atoms with Gasteiger partial charge in [0.25, 0.3) is 0 Å². The monoisotopic (exact) mass is 420 g/mol. The normalized spacial score (nSPS) is 12.1. The molecule has 7 nitrogen and oxygen atoms in total. The summed E-state index contributed by atoms with van der Waals surface area (Å²) in [6.07, 6.45) is 2.06. The Morgan fingerprint density at radius 1 is 1.07 bits per heavy atom. The van der Waals surface area contributed by atoms with Gasteiger partial charge in [0.15, 0.2) is 0 Å². The van der Waals surface area contributed by atoms with E-state index in [0.717, 1.165) is 21.9 Å². The zero-order valence-electron chi connectivity index (χ0n) is 17.2. The largest absolute Gasteiger partial charge is 0.497 e. The van der Waals surface area contributed by atoms with Crippen LogP contribution in [0.25, 0.3) is 0 Å². The van der Waals surface area contributed by atoms with Gasteiger partial charge in [-0.2, -0.15) is 0 Å². The minimum absolute atomic E-state index is 0.332. The molecule has 0 radical (unpaired) electrons. The molecule has 29 heavy (non-hydrogen) atoms. The first kappa shape index (κ1) is 22.5. The summed E-state index contributed by atoms with van der Waals surface area (Å²) < 4.78 is 36.4. The summed E-state index contributed by atoms with van der Waals surface area (Å²) in [5.74, 6) is 0.950. The van der Waals surface area contributed by atoms with Gasteiger partial charge in [-0.15, -0.1) is 0 Å².